The van der Waals surface area contributed by atoms with Crippen molar-refractivity contribution in [3.8, 4) is 0 Å². The van der Waals surface area contributed by atoms with Gasteiger partial charge in [0.15, 0.2) is 0 Å². The predicted octanol–water partition coefficient (Wildman–Crippen LogP) is 2.53. The van der Waals surface area contributed by atoms with Gasteiger partial charge in [-0.1, -0.05) is 27.2 Å². The molecule has 1 amide bonds. The van der Waals surface area contributed by atoms with Gasteiger partial charge in [0.05, 0.1) is 6.04 Å². The summed E-state index contributed by atoms with van der Waals surface area (Å²) in [7, 11) is 0. The van der Waals surface area contributed by atoms with Crippen LogP contribution in [0.4, 0.5) is 0 Å². The summed E-state index contributed by atoms with van der Waals surface area (Å²) in [6.07, 6.45) is 6.90. The molecular formula is C17H35N3O. The van der Waals surface area contributed by atoms with Crippen LogP contribution in [-0.2, 0) is 4.79 Å². The fourth-order valence-corrected chi connectivity index (χ4v) is 3.16. The van der Waals surface area contributed by atoms with Crippen LogP contribution in [0, 0.1) is 0 Å². The van der Waals surface area contributed by atoms with Crippen molar-refractivity contribution in [1.29, 1.82) is 0 Å². The van der Waals surface area contributed by atoms with Crippen LogP contribution in [0.25, 0.3) is 0 Å². The lowest BCUT2D eigenvalue weighted by molar-refractivity contribution is -0.128. The number of carbonyl (C=O) groups excluding carboxylic acids is 1. The molecule has 0 bridgehead atoms. The molecule has 4 nitrogen and oxygen atoms in total. The van der Waals surface area contributed by atoms with Gasteiger partial charge in [0.25, 0.3) is 0 Å². The van der Waals surface area contributed by atoms with Gasteiger partial charge in [0, 0.05) is 18.6 Å². The van der Waals surface area contributed by atoms with E-state index in [1.54, 1.807) is 0 Å². The average molecular weight is 297 g/mol. The Morgan fingerprint density at radius 2 is 1.95 bits per heavy atom. The van der Waals surface area contributed by atoms with Crippen LogP contribution >= 0.6 is 0 Å². The first kappa shape index (κ1) is 18.4. The minimum Gasteiger partial charge on any atom is -0.352 e. The Morgan fingerprint density at radius 3 is 2.57 bits per heavy atom. The maximum atomic E-state index is 12.5. The topological polar surface area (TPSA) is 44.4 Å². The van der Waals surface area contributed by atoms with Gasteiger partial charge < -0.3 is 10.6 Å². The molecule has 0 aliphatic carbocycles. The van der Waals surface area contributed by atoms with Gasteiger partial charge in [-0.2, -0.15) is 0 Å². The molecule has 1 rings (SSSR count). The highest BCUT2D eigenvalue weighted by molar-refractivity contribution is 5.81. The Kier molecular flexibility index (Phi) is 8.93. The number of hydrogen-bond donors (Lipinski definition) is 2. The van der Waals surface area contributed by atoms with Crippen LogP contribution in [0.5, 0.6) is 0 Å². The lowest BCUT2D eigenvalue weighted by Gasteiger charge is -2.39. The largest absolute Gasteiger partial charge is 0.352 e. The Labute approximate surface area is 131 Å². The Bertz CT molecular complexity index is 292. The summed E-state index contributed by atoms with van der Waals surface area (Å²) in [6.45, 7) is 11.7. The molecule has 124 valence electrons. The van der Waals surface area contributed by atoms with E-state index in [9.17, 15) is 4.79 Å². The summed E-state index contributed by atoms with van der Waals surface area (Å²) < 4.78 is 0. The highest BCUT2D eigenvalue weighted by atomic mass is 16.2. The van der Waals surface area contributed by atoms with Gasteiger partial charge in [0.1, 0.15) is 0 Å². The summed E-state index contributed by atoms with van der Waals surface area (Å²) in [4.78, 5) is 14.9. The monoisotopic (exact) mass is 297 g/mol. The lowest BCUT2D eigenvalue weighted by atomic mass is 9.99. The quantitative estimate of drug-likeness (QED) is 0.643. The third kappa shape index (κ3) is 5.95. The summed E-state index contributed by atoms with van der Waals surface area (Å²) in [6, 6.07) is 0.813. The second-order valence-electron chi connectivity index (χ2n) is 6.29. The Balaban J connectivity index is 2.54. The molecule has 0 aromatic carbocycles. The zero-order valence-electron chi connectivity index (χ0n) is 14.5. The van der Waals surface area contributed by atoms with E-state index in [1.807, 2.05) is 0 Å². The van der Waals surface area contributed by atoms with E-state index in [0.717, 1.165) is 38.9 Å². The lowest BCUT2D eigenvalue weighted by Crippen LogP contribution is -2.55. The van der Waals surface area contributed by atoms with Gasteiger partial charge in [0.2, 0.25) is 5.91 Å². The summed E-state index contributed by atoms with van der Waals surface area (Å²) in [5, 5.41) is 6.72. The third-order valence-electron chi connectivity index (χ3n) is 4.69. The van der Waals surface area contributed by atoms with E-state index < -0.39 is 0 Å². The molecule has 2 unspecified atom stereocenters. The van der Waals surface area contributed by atoms with Crippen molar-refractivity contribution >= 4 is 5.91 Å². The Hall–Kier alpha value is -0.610. The minimum atomic E-state index is -0.0145. The normalized spacial score (nSPS) is 21.5. The number of piperidine rings is 1. The van der Waals surface area contributed by atoms with Gasteiger partial charge in [-0.05, 0) is 52.1 Å². The minimum absolute atomic E-state index is 0.0145. The second-order valence-corrected chi connectivity index (χ2v) is 6.29. The maximum absolute atomic E-state index is 12.5. The molecule has 1 aliphatic heterocycles. The van der Waals surface area contributed by atoms with E-state index in [0.29, 0.717) is 12.1 Å². The number of likely N-dealkylation sites (tertiary alicyclic amines) is 1. The fourth-order valence-electron chi connectivity index (χ4n) is 3.16. The van der Waals surface area contributed by atoms with Crippen molar-refractivity contribution in [2.24, 2.45) is 0 Å². The zero-order chi connectivity index (χ0) is 15.7. The third-order valence-corrected chi connectivity index (χ3v) is 4.69. The molecule has 21 heavy (non-hydrogen) atoms. The average Bonchev–Trinajstić information content (AvgIpc) is 2.52. The van der Waals surface area contributed by atoms with Crippen LogP contribution in [0.3, 0.4) is 0 Å². The summed E-state index contributed by atoms with van der Waals surface area (Å²) in [5.41, 5.74) is 0. The molecule has 0 aromatic heterocycles. The molecule has 1 heterocycles. The SMILES string of the molecule is CCCNCC1CCCCN1C(C)C(=O)NC(CC)CC. The molecule has 0 saturated carbocycles. The maximum Gasteiger partial charge on any atom is 0.237 e. The van der Waals surface area contributed by atoms with Crippen LogP contribution < -0.4 is 10.6 Å². The van der Waals surface area contributed by atoms with Crippen LogP contribution in [0.1, 0.15) is 66.2 Å². The van der Waals surface area contributed by atoms with Crippen molar-refractivity contribution in [3.05, 3.63) is 0 Å². The van der Waals surface area contributed by atoms with Crippen molar-refractivity contribution in [2.45, 2.75) is 84.3 Å². The smallest absolute Gasteiger partial charge is 0.237 e. The molecule has 1 saturated heterocycles. The van der Waals surface area contributed by atoms with Crippen molar-refractivity contribution in [2.75, 3.05) is 19.6 Å². The van der Waals surface area contributed by atoms with Gasteiger partial charge in [-0.15, -0.1) is 0 Å². The zero-order valence-corrected chi connectivity index (χ0v) is 14.5. The number of carbonyl (C=O) groups is 1. The fraction of sp³-hybridized carbons (Fsp3) is 0.941. The van der Waals surface area contributed by atoms with Gasteiger partial charge >= 0.3 is 0 Å². The van der Waals surface area contributed by atoms with E-state index in [2.05, 4.69) is 43.2 Å². The first-order chi connectivity index (χ1) is 10.1. The molecule has 4 heteroatoms. The second kappa shape index (κ2) is 10.2. The van der Waals surface area contributed by atoms with E-state index in [1.165, 1.54) is 19.3 Å². The van der Waals surface area contributed by atoms with Crippen LogP contribution in [-0.4, -0.2) is 48.6 Å². The molecule has 1 aliphatic rings. The number of nitrogens with zero attached hydrogens (tertiary/aromatic N) is 1. The van der Waals surface area contributed by atoms with Crippen molar-refractivity contribution in [3.63, 3.8) is 0 Å². The first-order valence-corrected chi connectivity index (χ1v) is 8.90. The highest BCUT2D eigenvalue weighted by Crippen LogP contribution is 2.19. The molecule has 1 fully saturated rings. The first-order valence-electron chi connectivity index (χ1n) is 8.90. The van der Waals surface area contributed by atoms with Crippen LogP contribution in [0.2, 0.25) is 0 Å². The number of hydrogen-bond acceptors (Lipinski definition) is 3. The predicted molar refractivity (Wildman–Crippen MR) is 89.5 cm³/mol. The molecule has 0 aromatic rings. The number of nitrogens with one attached hydrogen (secondary N) is 2. The standard InChI is InChI=1S/C17H35N3O/c1-5-11-18-13-16-10-8-9-12-20(16)14(4)17(21)19-15(6-2)7-3/h14-16,18H,5-13H2,1-4H3,(H,19,21). The number of amides is 1. The summed E-state index contributed by atoms with van der Waals surface area (Å²) in [5.74, 6) is 0.200. The molecule has 0 spiro atoms. The van der Waals surface area contributed by atoms with E-state index >= 15 is 0 Å². The summed E-state index contributed by atoms with van der Waals surface area (Å²) >= 11 is 0. The number of rotatable bonds is 9. The van der Waals surface area contributed by atoms with Crippen LogP contribution in [0.15, 0.2) is 0 Å². The molecule has 0 radical (unpaired) electrons. The highest BCUT2D eigenvalue weighted by Gasteiger charge is 2.30. The van der Waals surface area contributed by atoms with E-state index in [4.69, 9.17) is 0 Å². The molecular weight excluding hydrogens is 262 g/mol. The van der Waals surface area contributed by atoms with Gasteiger partial charge in [-0.3, -0.25) is 9.69 Å². The van der Waals surface area contributed by atoms with Crippen molar-refractivity contribution in [1.82, 2.24) is 15.5 Å². The molecule has 2 atom stereocenters. The van der Waals surface area contributed by atoms with Crippen molar-refractivity contribution < 1.29 is 4.79 Å². The van der Waals surface area contributed by atoms with E-state index in [-0.39, 0.29) is 11.9 Å². The Morgan fingerprint density at radius 1 is 1.24 bits per heavy atom. The molecule has 2 N–H and O–H groups in total. The van der Waals surface area contributed by atoms with Gasteiger partial charge in [-0.25, -0.2) is 0 Å².